The monoisotopic (exact) mass is 550 g/mol. The van der Waals surface area contributed by atoms with E-state index in [2.05, 4.69) is 34.4 Å². The Hall–Kier alpha value is -2.36. The number of halogens is 2. The highest BCUT2D eigenvalue weighted by Gasteiger charge is 2.36. The van der Waals surface area contributed by atoms with Gasteiger partial charge in [-0.05, 0) is 81.5 Å². The van der Waals surface area contributed by atoms with Gasteiger partial charge in [-0.3, -0.25) is 0 Å². The number of piperazine rings is 1. The second-order valence-electron chi connectivity index (χ2n) is 9.34. The van der Waals surface area contributed by atoms with Crippen LogP contribution in [0.4, 0.5) is 15.0 Å². The van der Waals surface area contributed by atoms with Crippen molar-refractivity contribution in [3.8, 4) is 5.69 Å². The molecule has 3 aromatic rings. The third kappa shape index (κ3) is 4.42. The van der Waals surface area contributed by atoms with Crippen molar-refractivity contribution < 1.29 is 13.9 Å². The standard InChI is InChI=1S/C24H28FIN4O2/c1-15-13-29(23(31)32-24(3,4)5)16(2)12-28(15)22-21-19(26)14-30(20(21)9-10-27-22)18-8-6-7-17(25)11-18/h6-11,14-16H,12-13H2,1-5H3/t15-,16+/m0/s1. The van der Waals surface area contributed by atoms with Crippen LogP contribution in [0.1, 0.15) is 34.6 Å². The first kappa shape index (κ1) is 22.8. The summed E-state index contributed by atoms with van der Waals surface area (Å²) < 4.78 is 22.5. The fraction of sp³-hybridized carbons (Fsp3) is 0.417. The summed E-state index contributed by atoms with van der Waals surface area (Å²) in [5, 5.41) is 1.03. The fourth-order valence-corrected chi connectivity index (χ4v) is 4.97. The maximum Gasteiger partial charge on any atom is 0.410 e. The smallest absolute Gasteiger partial charge is 0.410 e. The molecule has 8 heteroatoms. The molecule has 1 saturated heterocycles. The van der Waals surface area contributed by atoms with E-state index in [4.69, 9.17) is 9.72 Å². The molecule has 0 radical (unpaired) electrons. The number of nitrogens with zero attached hydrogens (tertiary/aromatic N) is 4. The van der Waals surface area contributed by atoms with E-state index in [0.29, 0.717) is 13.1 Å². The number of hydrogen-bond acceptors (Lipinski definition) is 4. The minimum atomic E-state index is -0.528. The number of ether oxygens (including phenoxy) is 1. The second kappa shape index (κ2) is 8.53. The maximum absolute atomic E-state index is 13.9. The number of hydrogen-bond donors (Lipinski definition) is 0. The molecule has 1 aromatic carbocycles. The molecule has 170 valence electrons. The number of anilines is 1. The summed E-state index contributed by atoms with van der Waals surface area (Å²) in [5.74, 6) is 0.611. The van der Waals surface area contributed by atoms with Gasteiger partial charge in [0.25, 0.3) is 0 Å². The minimum Gasteiger partial charge on any atom is -0.444 e. The lowest BCUT2D eigenvalue weighted by Gasteiger charge is -2.44. The van der Waals surface area contributed by atoms with Crippen LogP contribution in [0.2, 0.25) is 0 Å². The van der Waals surface area contributed by atoms with Crippen molar-refractivity contribution in [1.82, 2.24) is 14.5 Å². The van der Waals surface area contributed by atoms with Crippen molar-refractivity contribution in [3.05, 3.63) is 52.1 Å². The summed E-state index contributed by atoms with van der Waals surface area (Å²) in [4.78, 5) is 21.5. The van der Waals surface area contributed by atoms with E-state index >= 15 is 0 Å². The van der Waals surface area contributed by atoms with Crippen LogP contribution in [0.3, 0.4) is 0 Å². The van der Waals surface area contributed by atoms with Gasteiger partial charge in [-0.25, -0.2) is 14.2 Å². The van der Waals surface area contributed by atoms with E-state index in [0.717, 1.165) is 26.0 Å². The molecule has 2 atom stereocenters. The van der Waals surface area contributed by atoms with Crippen LogP contribution in [0, 0.1) is 9.39 Å². The van der Waals surface area contributed by atoms with Crippen LogP contribution in [-0.4, -0.2) is 51.3 Å². The molecule has 6 nitrogen and oxygen atoms in total. The van der Waals surface area contributed by atoms with Gasteiger partial charge < -0.3 is 19.1 Å². The molecule has 1 fully saturated rings. The molecule has 1 amide bonds. The molecular formula is C24H28FIN4O2. The fourth-order valence-electron chi connectivity index (χ4n) is 4.17. The molecular weight excluding hydrogens is 522 g/mol. The van der Waals surface area contributed by atoms with Crippen molar-refractivity contribution in [2.45, 2.75) is 52.3 Å². The lowest BCUT2D eigenvalue weighted by molar-refractivity contribution is 0.0130. The van der Waals surface area contributed by atoms with Gasteiger partial charge in [0, 0.05) is 46.8 Å². The molecule has 2 aromatic heterocycles. The van der Waals surface area contributed by atoms with Crippen molar-refractivity contribution in [2.24, 2.45) is 0 Å². The van der Waals surface area contributed by atoms with Gasteiger partial charge >= 0.3 is 6.09 Å². The Morgan fingerprint density at radius 1 is 1.19 bits per heavy atom. The van der Waals surface area contributed by atoms with Crippen molar-refractivity contribution >= 4 is 45.4 Å². The van der Waals surface area contributed by atoms with E-state index in [1.54, 1.807) is 17.2 Å². The van der Waals surface area contributed by atoms with Crippen molar-refractivity contribution in [1.29, 1.82) is 0 Å². The molecule has 1 aliphatic heterocycles. The number of fused-ring (bicyclic) bond motifs is 1. The van der Waals surface area contributed by atoms with Gasteiger partial charge in [-0.1, -0.05) is 6.07 Å². The number of benzene rings is 1. The van der Waals surface area contributed by atoms with E-state index in [-0.39, 0.29) is 24.0 Å². The van der Waals surface area contributed by atoms with Crippen LogP contribution in [-0.2, 0) is 4.74 Å². The first-order valence-electron chi connectivity index (χ1n) is 10.7. The summed E-state index contributed by atoms with van der Waals surface area (Å²) in [6.07, 6.45) is 3.52. The summed E-state index contributed by atoms with van der Waals surface area (Å²) in [6.45, 7) is 11.0. The Labute approximate surface area is 201 Å². The maximum atomic E-state index is 13.9. The highest BCUT2D eigenvalue weighted by Crippen LogP contribution is 2.35. The van der Waals surface area contributed by atoms with E-state index in [9.17, 15) is 9.18 Å². The third-order valence-electron chi connectivity index (χ3n) is 5.62. The predicted octanol–water partition coefficient (Wildman–Crippen LogP) is 5.60. The largest absolute Gasteiger partial charge is 0.444 e. The molecule has 3 heterocycles. The number of carbonyl (C=O) groups excluding carboxylic acids is 1. The molecule has 0 aliphatic carbocycles. The third-order valence-corrected chi connectivity index (χ3v) is 6.44. The summed E-state index contributed by atoms with van der Waals surface area (Å²) in [6, 6.07) is 8.57. The zero-order valence-corrected chi connectivity index (χ0v) is 21.1. The van der Waals surface area contributed by atoms with Crippen LogP contribution in [0.25, 0.3) is 16.6 Å². The Morgan fingerprint density at radius 3 is 2.62 bits per heavy atom. The minimum absolute atomic E-state index is 0.0268. The number of amides is 1. The first-order valence-corrected chi connectivity index (χ1v) is 11.8. The quantitative estimate of drug-likeness (QED) is 0.390. The zero-order valence-electron chi connectivity index (χ0n) is 19.0. The SMILES string of the molecule is C[C@@H]1CN(c2nccc3c2c(I)cn3-c2cccc(F)c2)[C@@H](C)CN1C(=O)OC(C)(C)C. The van der Waals surface area contributed by atoms with Crippen LogP contribution >= 0.6 is 22.6 Å². The molecule has 1 aliphatic rings. The Morgan fingerprint density at radius 2 is 1.94 bits per heavy atom. The normalized spacial score (nSPS) is 19.5. The number of aromatic nitrogens is 2. The molecule has 0 N–H and O–H groups in total. The molecule has 0 spiro atoms. The second-order valence-corrected chi connectivity index (χ2v) is 10.5. The lowest BCUT2D eigenvalue weighted by Crippen LogP contribution is -2.59. The van der Waals surface area contributed by atoms with Gasteiger partial charge in [0.2, 0.25) is 0 Å². The van der Waals surface area contributed by atoms with Gasteiger partial charge in [-0.2, -0.15) is 0 Å². The predicted molar refractivity (Wildman–Crippen MR) is 133 cm³/mol. The zero-order chi connectivity index (χ0) is 23.2. The Kier molecular flexibility index (Phi) is 6.08. The molecule has 32 heavy (non-hydrogen) atoms. The summed E-state index contributed by atoms with van der Waals surface area (Å²) in [5.41, 5.74) is 1.21. The van der Waals surface area contributed by atoms with E-state index < -0.39 is 5.60 Å². The van der Waals surface area contributed by atoms with E-state index in [1.165, 1.54) is 12.1 Å². The van der Waals surface area contributed by atoms with Gasteiger partial charge in [-0.15, -0.1) is 0 Å². The lowest BCUT2D eigenvalue weighted by atomic mass is 10.1. The summed E-state index contributed by atoms with van der Waals surface area (Å²) >= 11 is 2.31. The Bertz CT molecular complexity index is 1160. The average Bonchev–Trinajstić information content (AvgIpc) is 3.05. The molecule has 0 saturated carbocycles. The number of rotatable bonds is 2. The highest BCUT2D eigenvalue weighted by atomic mass is 127. The topological polar surface area (TPSA) is 50.6 Å². The van der Waals surface area contributed by atoms with Crippen LogP contribution in [0.5, 0.6) is 0 Å². The van der Waals surface area contributed by atoms with Gasteiger partial charge in [0.05, 0.1) is 10.9 Å². The van der Waals surface area contributed by atoms with Gasteiger partial charge in [0.1, 0.15) is 17.2 Å². The molecule has 0 unspecified atom stereocenters. The molecule has 4 rings (SSSR count). The molecule has 0 bridgehead atoms. The average molecular weight is 550 g/mol. The Balaban J connectivity index is 1.68. The van der Waals surface area contributed by atoms with Crippen LogP contribution in [0.15, 0.2) is 42.7 Å². The van der Waals surface area contributed by atoms with Crippen molar-refractivity contribution in [2.75, 3.05) is 18.0 Å². The van der Waals surface area contributed by atoms with Gasteiger partial charge in [0.15, 0.2) is 0 Å². The number of pyridine rings is 1. The number of carbonyl (C=O) groups is 1. The van der Waals surface area contributed by atoms with E-state index in [1.807, 2.05) is 50.6 Å². The highest BCUT2D eigenvalue weighted by molar-refractivity contribution is 14.1. The summed E-state index contributed by atoms with van der Waals surface area (Å²) in [7, 11) is 0. The van der Waals surface area contributed by atoms with Crippen LogP contribution < -0.4 is 4.90 Å². The van der Waals surface area contributed by atoms with Crippen molar-refractivity contribution in [3.63, 3.8) is 0 Å². The first-order chi connectivity index (χ1) is 15.0.